The van der Waals surface area contributed by atoms with Crippen molar-refractivity contribution in [3.63, 3.8) is 0 Å². The average molecular weight is 367 g/mol. The molecule has 0 saturated carbocycles. The first-order chi connectivity index (χ1) is 9.34. The first-order valence-electron chi connectivity index (χ1n) is 6.17. The first kappa shape index (κ1) is 17.0. The van der Waals surface area contributed by atoms with E-state index in [0.717, 1.165) is 4.47 Å². The van der Waals surface area contributed by atoms with Gasteiger partial charge in [-0.05, 0) is 4.47 Å². The molecule has 0 N–H and O–H groups in total. The molecule has 0 atom stereocenters. The Hall–Kier alpha value is -1.08. The molecule has 0 nitrogen and oxygen atoms in total. The minimum absolute atomic E-state index is 0. The Labute approximate surface area is 141 Å². The molecule has 102 valence electrons. The molecule has 2 aliphatic rings. The molecule has 2 aliphatic carbocycles. The fourth-order valence-electron chi connectivity index (χ4n) is 1.59. The van der Waals surface area contributed by atoms with Gasteiger partial charge in [0.2, 0.25) is 0 Å². The van der Waals surface area contributed by atoms with Gasteiger partial charge in [0, 0.05) is 0 Å². The summed E-state index contributed by atoms with van der Waals surface area (Å²) < 4.78 is 1.11. The summed E-state index contributed by atoms with van der Waals surface area (Å²) >= 11 is 3.41. The van der Waals surface area contributed by atoms with E-state index in [-0.39, 0.29) is 17.1 Å². The molecule has 2 heteroatoms. The van der Waals surface area contributed by atoms with Crippen LogP contribution in [0.2, 0.25) is 0 Å². The monoisotopic (exact) mass is 366 g/mol. The van der Waals surface area contributed by atoms with E-state index in [4.69, 9.17) is 0 Å². The molecule has 0 spiro atoms. The molecule has 0 bridgehead atoms. The standard InChI is InChI=1S/C13H10Br.C5H5.Fe/c14-13-9-7-12(8-10-13)6-5-11-3-1-2-4-11;1-2-4-5-3-1;/h1-10H;1-5H;/q2*-1;+2. The Balaban J connectivity index is 0.000000283. The van der Waals surface area contributed by atoms with Gasteiger partial charge >= 0.3 is 17.1 Å². The number of allylic oxidation sites excluding steroid dienone is 8. The molecule has 0 unspecified atom stereocenters. The summed E-state index contributed by atoms with van der Waals surface area (Å²) in [5, 5.41) is 0. The van der Waals surface area contributed by atoms with Crippen molar-refractivity contribution in [2.24, 2.45) is 0 Å². The van der Waals surface area contributed by atoms with Crippen molar-refractivity contribution in [1.29, 1.82) is 0 Å². The summed E-state index contributed by atoms with van der Waals surface area (Å²) in [6, 6.07) is 8.27. The van der Waals surface area contributed by atoms with Gasteiger partial charge in [0.05, 0.1) is 0 Å². The van der Waals surface area contributed by atoms with E-state index in [1.54, 1.807) is 0 Å². The van der Waals surface area contributed by atoms with Gasteiger partial charge in [-0.25, -0.2) is 18.6 Å². The third-order valence-corrected chi connectivity index (χ3v) is 3.11. The Bertz CT molecular complexity index is 487. The van der Waals surface area contributed by atoms with E-state index in [9.17, 15) is 0 Å². The summed E-state index contributed by atoms with van der Waals surface area (Å²) in [6.07, 6.45) is 22.5. The van der Waals surface area contributed by atoms with Gasteiger partial charge in [-0.15, -0.1) is 43.0 Å². The second-order valence-electron chi connectivity index (χ2n) is 4.07. The van der Waals surface area contributed by atoms with Gasteiger partial charge in [-0.3, -0.25) is 0 Å². The Morgan fingerprint density at radius 2 is 1.70 bits per heavy atom. The minimum Gasteiger partial charge on any atom is -0.231 e. The molecular weight excluding hydrogens is 352 g/mol. The smallest absolute Gasteiger partial charge is 0.231 e. The largest absolute Gasteiger partial charge is 2.00 e. The van der Waals surface area contributed by atoms with E-state index >= 15 is 0 Å². The van der Waals surface area contributed by atoms with Crippen LogP contribution in [0.1, 0.15) is 5.56 Å². The summed E-state index contributed by atoms with van der Waals surface area (Å²) in [7, 11) is 0. The van der Waals surface area contributed by atoms with Crippen LogP contribution in [-0.4, -0.2) is 0 Å². The molecular formula is C18H15BrFe. The second-order valence-corrected chi connectivity index (χ2v) is 4.98. The molecule has 1 aromatic rings. The van der Waals surface area contributed by atoms with Crippen molar-refractivity contribution < 1.29 is 17.1 Å². The fraction of sp³-hybridized carbons (Fsp3) is 0. The molecule has 0 saturated heterocycles. The maximum atomic E-state index is 3.41. The zero-order chi connectivity index (χ0) is 13.3. The summed E-state index contributed by atoms with van der Waals surface area (Å²) in [5.41, 5.74) is 2.46. The van der Waals surface area contributed by atoms with Crippen LogP contribution < -0.4 is 0 Å². The Kier molecular flexibility index (Phi) is 8.29. The van der Waals surface area contributed by atoms with Crippen LogP contribution in [0, 0.1) is 25.7 Å². The third-order valence-electron chi connectivity index (χ3n) is 2.58. The predicted octanol–water partition coefficient (Wildman–Crippen LogP) is 5.22. The third kappa shape index (κ3) is 6.38. The summed E-state index contributed by atoms with van der Waals surface area (Å²) in [6.45, 7) is 0. The van der Waals surface area contributed by atoms with E-state index in [1.165, 1.54) is 11.1 Å². The molecule has 20 heavy (non-hydrogen) atoms. The van der Waals surface area contributed by atoms with Crippen molar-refractivity contribution in [3.8, 4) is 0 Å². The van der Waals surface area contributed by atoms with Gasteiger partial charge < -0.3 is 0 Å². The molecule has 3 rings (SSSR count). The predicted molar refractivity (Wildman–Crippen MR) is 85.9 cm³/mol. The SMILES string of the molecule is Brc1ccc([CH-]C=C2C=CC=C2)cc1.[CH]1[CH][CH-]C=C1.[Fe+2]. The zero-order valence-electron chi connectivity index (χ0n) is 10.9. The van der Waals surface area contributed by atoms with Gasteiger partial charge in [-0.2, -0.15) is 0 Å². The number of rotatable bonds is 2. The number of halogens is 1. The maximum Gasteiger partial charge on any atom is 2.00 e. The first-order valence-corrected chi connectivity index (χ1v) is 6.96. The van der Waals surface area contributed by atoms with Gasteiger partial charge in [0.25, 0.3) is 0 Å². The van der Waals surface area contributed by atoms with Gasteiger partial charge in [0.15, 0.2) is 0 Å². The topological polar surface area (TPSA) is 0 Å². The molecule has 0 aromatic heterocycles. The average Bonchev–Trinajstić information content (AvgIpc) is 3.14. The van der Waals surface area contributed by atoms with Crippen molar-refractivity contribution in [2.75, 3.05) is 0 Å². The molecule has 1 aromatic carbocycles. The van der Waals surface area contributed by atoms with Crippen LogP contribution in [0.4, 0.5) is 0 Å². The van der Waals surface area contributed by atoms with Crippen LogP contribution in [0.15, 0.2) is 76.8 Å². The molecule has 0 heterocycles. The van der Waals surface area contributed by atoms with E-state index in [0.29, 0.717) is 0 Å². The quantitative estimate of drug-likeness (QED) is 0.497. The van der Waals surface area contributed by atoms with Crippen LogP contribution >= 0.6 is 15.9 Å². The fourth-order valence-corrected chi connectivity index (χ4v) is 1.85. The second kappa shape index (κ2) is 9.77. The van der Waals surface area contributed by atoms with Crippen LogP contribution in [0.3, 0.4) is 0 Å². The van der Waals surface area contributed by atoms with Crippen LogP contribution in [-0.2, 0) is 17.1 Å². The van der Waals surface area contributed by atoms with Crippen LogP contribution in [0.25, 0.3) is 0 Å². The summed E-state index contributed by atoms with van der Waals surface area (Å²) in [5.74, 6) is 0. The Morgan fingerprint density at radius 1 is 1.00 bits per heavy atom. The number of hydrogen-bond acceptors (Lipinski definition) is 0. The molecule has 0 aliphatic heterocycles. The summed E-state index contributed by atoms with van der Waals surface area (Å²) in [4.78, 5) is 0. The zero-order valence-corrected chi connectivity index (χ0v) is 13.6. The van der Waals surface area contributed by atoms with E-state index in [1.807, 2.05) is 55.7 Å². The Morgan fingerprint density at radius 3 is 2.20 bits per heavy atom. The maximum absolute atomic E-state index is 3.41. The van der Waals surface area contributed by atoms with Gasteiger partial charge in [0.1, 0.15) is 0 Å². The number of benzene rings is 1. The van der Waals surface area contributed by atoms with Crippen molar-refractivity contribution in [3.05, 3.63) is 108 Å². The van der Waals surface area contributed by atoms with Crippen molar-refractivity contribution >= 4 is 15.9 Å². The molecule has 0 fully saturated rings. The van der Waals surface area contributed by atoms with Gasteiger partial charge in [-0.1, -0.05) is 57.9 Å². The van der Waals surface area contributed by atoms with Crippen molar-refractivity contribution in [2.45, 2.75) is 0 Å². The van der Waals surface area contributed by atoms with E-state index in [2.05, 4.69) is 52.7 Å². The number of hydrogen-bond donors (Lipinski definition) is 0. The van der Waals surface area contributed by atoms with E-state index < -0.39 is 0 Å². The molecule has 2 radical (unpaired) electrons. The van der Waals surface area contributed by atoms with Crippen molar-refractivity contribution in [1.82, 2.24) is 0 Å². The minimum atomic E-state index is 0. The normalized spacial score (nSPS) is 14.2. The molecule has 0 amide bonds. The van der Waals surface area contributed by atoms with Crippen LogP contribution in [0.5, 0.6) is 0 Å².